The smallest absolute Gasteiger partial charge is 0.0740 e. The Morgan fingerprint density at radius 2 is 0.564 bits per heavy atom. The van der Waals surface area contributed by atoms with Gasteiger partial charge in [0.15, 0.2) is 0 Å². The van der Waals surface area contributed by atoms with Gasteiger partial charge in [0.05, 0.1) is 30.7 Å². The Balaban J connectivity index is -0.00000000451. The third-order valence-corrected chi connectivity index (χ3v) is 4.20. The van der Waals surface area contributed by atoms with E-state index in [1.807, 2.05) is 15.7 Å². The molecule has 0 saturated carbocycles. The van der Waals surface area contributed by atoms with Gasteiger partial charge < -0.3 is 10.6 Å². The summed E-state index contributed by atoms with van der Waals surface area (Å²) in [6.07, 6.45) is 11.8. The largest absolute Gasteiger partial charge is 0.317 e. The molecule has 0 amide bonds. The molecule has 55 heavy (non-hydrogen) atoms. The summed E-state index contributed by atoms with van der Waals surface area (Å²) in [5.41, 5.74) is 0. The van der Waals surface area contributed by atoms with E-state index in [4.69, 9.17) is 0 Å². The zero-order valence-corrected chi connectivity index (χ0v) is 126. The molecule has 0 atom stereocenters. The Morgan fingerprint density at radius 1 is 0.327 bits per heavy atom. The van der Waals surface area contributed by atoms with Crippen LogP contribution in [0.1, 0.15) is 37.8 Å². The van der Waals surface area contributed by atoms with Gasteiger partial charge in [-0.3, -0.25) is 0 Å². The molecule has 2 aromatic rings. The van der Waals surface area contributed by atoms with Gasteiger partial charge in [0, 0.05) is 1090 Å². The Kier molecular flexibility index (Phi) is 607. The average Bonchev–Trinajstić information content (AvgIpc) is 3.31. The maximum atomic E-state index is 4.12. The van der Waals surface area contributed by atoms with Crippen molar-refractivity contribution < 1.29 is 1080 Å². The van der Waals surface area contributed by atoms with E-state index >= 15 is 0 Å². The number of aromatic nitrogens is 6. The van der Waals surface area contributed by atoms with Crippen LogP contribution >= 0.6 is 0 Å². The maximum Gasteiger partial charge on any atom is 0.0740 e. The molecule has 0 spiro atoms. The minimum absolute atomic E-state index is 0. The first-order chi connectivity index (χ1) is 10.9. The quantitative estimate of drug-likeness (QED) is 0.452. The van der Waals surface area contributed by atoms with Crippen LogP contribution in [-0.2, 0) is 1080 Å². The van der Waals surface area contributed by atoms with E-state index in [2.05, 4.69) is 31.1 Å². The number of nitrogens with one attached hydrogen (secondary N) is 2. The number of piperidine rings is 2. The molecule has 2 saturated heterocycles. The summed E-state index contributed by atoms with van der Waals surface area (Å²) in [5, 5.41) is 22.6. The fourth-order valence-corrected chi connectivity index (χ4v) is 2.94. The zero-order valence-electron chi connectivity index (χ0n) is 31.9. The van der Waals surface area contributed by atoms with Gasteiger partial charge in [0.1, 0.15) is 0 Å². The van der Waals surface area contributed by atoms with E-state index in [1.54, 1.807) is 18.6 Å². The average molecular weight is 3240 g/mol. The molecule has 41 heteroatoms. The van der Waals surface area contributed by atoms with Crippen LogP contribution in [0.2, 0.25) is 0 Å². The van der Waals surface area contributed by atoms with E-state index in [1.165, 1.54) is 12.8 Å². The SMILES string of the molecule is [Y].[Y].[Y].[Y].[Y].[Y].[Y].[Y].[Y].[Y].[Y].[Y].[Y].[Y].[Y].[Y].[Y].[Y].[Y].[Y].[Y].[Y].[Y].[Y].[Y].[Y].[Y].[Y].[Y].[Y].[Y].[Y].[Y].c1cn(C2CCNCC2)nn1.c1cnn(C2CCNCC2)n1. The number of hydrogen-bond acceptors (Lipinski definition) is 6. The fourth-order valence-electron chi connectivity index (χ4n) is 2.94. The second kappa shape index (κ2) is 163. The molecule has 8 nitrogen and oxygen atoms in total. The van der Waals surface area contributed by atoms with Crippen molar-refractivity contribution in [1.29, 1.82) is 0 Å². The molecule has 2 aromatic heterocycles. The van der Waals surface area contributed by atoms with E-state index in [0.717, 1.165) is 39.0 Å². The third kappa shape index (κ3) is 126. The van der Waals surface area contributed by atoms with Gasteiger partial charge in [-0.2, -0.15) is 15.0 Å². The van der Waals surface area contributed by atoms with Crippen LogP contribution < -0.4 is 10.6 Å². The summed E-state index contributed by atoms with van der Waals surface area (Å²) in [6.45, 7) is 4.38. The molecule has 2 aliphatic rings. The number of rotatable bonds is 2. The predicted molar refractivity (Wildman–Crippen MR) is 82.3 cm³/mol. The van der Waals surface area contributed by atoms with Crippen molar-refractivity contribution in [2.75, 3.05) is 26.2 Å². The molecule has 219 valence electrons. The summed E-state index contributed by atoms with van der Waals surface area (Å²) in [4.78, 5) is 1.82. The standard InChI is InChI=1S/2C7H12N4.33Y/c1-3-8-4-2-7(1)11-6-5-9-10-11;1-3-8-4-2-7(1)11-9-5-6-10-11;;;;;;;;;;;;;;;;;;;;;;;;;;;;;;;;;/h2*5-8H,1-4H2;;;;;;;;;;;;;;;;;;;;;;;;;;;;;;;;;. The van der Waals surface area contributed by atoms with Crippen LogP contribution in [0, 0.1) is 0 Å². The molecule has 0 unspecified atom stereocenters. The molecule has 0 aromatic carbocycles. The Bertz CT molecular complexity index is 502. The molecule has 4 rings (SSSR count). The normalized spacial score (nSPS) is 8.15. The van der Waals surface area contributed by atoms with Crippen LogP contribution in [0.15, 0.2) is 24.8 Å². The second-order valence-electron chi connectivity index (χ2n) is 5.69. The predicted octanol–water partition coefficient (Wildman–Crippen LogP) is 0.323. The van der Waals surface area contributed by atoms with E-state index in [0.29, 0.717) is 12.1 Å². The Labute approximate surface area is 1170 Å². The topological polar surface area (TPSA) is 85.5 Å². The third-order valence-electron chi connectivity index (χ3n) is 4.20. The molecule has 33 radical (unpaired) electrons. The Morgan fingerprint density at radius 3 is 0.782 bits per heavy atom. The van der Waals surface area contributed by atoms with Gasteiger partial charge in [-0.05, 0) is 51.9 Å². The van der Waals surface area contributed by atoms with Crippen LogP contribution in [0.5, 0.6) is 0 Å². The molecule has 4 heterocycles. The minimum atomic E-state index is 0. The van der Waals surface area contributed by atoms with Crippen molar-refractivity contribution in [1.82, 2.24) is 40.6 Å². The van der Waals surface area contributed by atoms with Crippen molar-refractivity contribution in [2.24, 2.45) is 0 Å². The van der Waals surface area contributed by atoms with Gasteiger partial charge in [-0.1, -0.05) is 5.21 Å². The first kappa shape index (κ1) is 205. The van der Waals surface area contributed by atoms with E-state index in [9.17, 15) is 0 Å². The van der Waals surface area contributed by atoms with Crippen molar-refractivity contribution >= 4 is 0 Å². The summed E-state index contributed by atoms with van der Waals surface area (Å²) in [7, 11) is 0. The molecule has 2 N–H and O–H groups in total. The van der Waals surface area contributed by atoms with Crippen molar-refractivity contribution in [3.8, 4) is 0 Å². The van der Waals surface area contributed by atoms with Crippen molar-refractivity contribution in [2.45, 2.75) is 37.8 Å². The van der Waals surface area contributed by atoms with E-state index in [-0.39, 0.29) is 1080 Å². The van der Waals surface area contributed by atoms with Gasteiger partial charge >= 0.3 is 0 Å². The second-order valence-corrected chi connectivity index (χ2v) is 5.69. The van der Waals surface area contributed by atoms with Gasteiger partial charge in [0.2, 0.25) is 0 Å². The van der Waals surface area contributed by atoms with Crippen molar-refractivity contribution in [3.63, 3.8) is 0 Å². The van der Waals surface area contributed by atoms with Crippen molar-refractivity contribution in [3.05, 3.63) is 24.8 Å². The van der Waals surface area contributed by atoms with Gasteiger partial charge in [0.25, 0.3) is 0 Å². The fraction of sp³-hybridized carbons (Fsp3) is 0.714. The number of nitrogens with zero attached hydrogens (tertiary/aromatic N) is 6. The van der Waals surface area contributed by atoms with Crippen LogP contribution in [0.4, 0.5) is 0 Å². The molecular formula is C14H24N8Y33. The molecule has 2 aliphatic heterocycles. The van der Waals surface area contributed by atoms with Gasteiger partial charge in [-0.15, -0.1) is 5.10 Å². The Hall–Kier alpha value is 34.6. The molecule has 0 aliphatic carbocycles. The summed E-state index contributed by atoms with van der Waals surface area (Å²) in [6, 6.07) is 1.09. The van der Waals surface area contributed by atoms with Crippen LogP contribution in [-0.4, -0.2) is 56.2 Å². The first-order valence-electron chi connectivity index (χ1n) is 8.06. The van der Waals surface area contributed by atoms with Crippen LogP contribution in [0.3, 0.4) is 0 Å². The molecule has 0 bridgehead atoms. The zero-order chi connectivity index (χ0) is 15.0. The van der Waals surface area contributed by atoms with Gasteiger partial charge in [-0.25, -0.2) is 4.68 Å². The van der Waals surface area contributed by atoms with Crippen LogP contribution in [0.25, 0.3) is 0 Å². The first-order valence-corrected chi connectivity index (χ1v) is 8.06. The van der Waals surface area contributed by atoms with E-state index < -0.39 is 0 Å². The summed E-state index contributed by atoms with van der Waals surface area (Å²) >= 11 is 0. The minimum Gasteiger partial charge on any atom is -0.317 e. The molecule has 2 fully saturated rings. The summed E-state index contributed by atoms with van der Waals surface area (Å²) < 4.78 is 1.96. The summed E-state index contributed by atoms with van der Waals surface area (Å²) in [5.74, 6) is 0. The monoisotopic (exact) mass is 3240 g/mol. The maximum absolute atomic E-state index is 4.12. The number of hydrogen-bond donors (Lipinski definition) is 2. The molecular weight excluding hydrogens is 3210 g/mol.